The highest BCUT2D eigenvalue weighted by Crippen LogP contribution is 2.47. The molecule has 3 atom stereocenters. The van der Waals surface area contributed by atoms with Crippen molar-refractivity contribution in [1.29, 1.82) is 0 Å². The zero-order valence-electron chi connectivity index (χ0n) is 12.9. The average molecular weight is 308 g/mol. The Kier molecular flexibility index (Phi) is 3.52. The van der Waals surface area contributed by atoms with Crippen LogP contribution in [0.1, 0.15) is 36.0 Å². The minimum absolute atomic E-state index is 0.0173. The van der Waals surface area contributed by atoms with Crippen LogP contribution >= 0.6 is 0 Å². The summed E-state index contributed by atoms with van der Waals surface area (Å²) < 4.78 is 0. The van der Waals surface area contributed by atoms with Crippen LogP contribution in [0.15, 0.2) is 41.5 Å². The predicted octanol–water partition coefficient (Wildman–Crippen LogP) is 3.70. The third-order valence-corrected chi connectivity index (χ3v) is 5.33. The monoisotopic (exact) mass is 308 g/mol. The fraction of sp³-hybridized carbons (Fsp3) is 0.368. The highest BCUT2D eigenvalue weighted by atomic mass is 16.3. The molecule has 2 saturated carbocycles. The number of amides is 1. The zero-order valence-corrected chi connectivity index (χ0v) is 12.9. The molecule has 2 aliphatic carbocycles. The third-order valence-electron chi connectivity index (χ3n) is 5.33. The summed E-state index contributed by atoms with van der Waals surface area (Å²) in [5, 5.41) is 16.0. The molecule has 0 spiro atoms. The first-order chi connectivity index (χ1) is 11.2. The standard InChI is InChI=1S/C19H20N2O2/c22-18-10-14-4-2-1-3-13(14)9-17(18)19(23)21-20-11-16-8-12-5-6-15(16)7-12/h1-4,9-12,15-16,22H,5-8H2,(H,21,23)/b20-11-/t12-,15+,16+/m0/s1. The molecular weight excluding hydrogens is 288 g/mol. The van der Waals surface area contributed by atoms with Crippen molar-refractivity contribution in [1.82, 2.24) is 5.43 Å². The number of fused-ring (bicyclic) bond motifs is 3. The largest absolute Gasteiger partial charge is 0.507 e. The van der Waals surface area contributed by atoms with Crippen molar-refractivity contribution < 1.29 is 9.90 Å². The molecule has 118 valence electrons. The molecular formula is C19H20N2O2. The van der Waals surface area contributed by atoms with Gasteiger partial charge < -0.3 is 5.11 Å². The Morgan fingerprint density at radius 2 is 1.96 bits per heavy atom. The molecule has 2 bridgehead atoms. The lowest BCUT2D eigenvalue weighted by molar-refractivity contribution is 0.0952. The number of nitrogens with zero attached hydrogens (tertiary/aromatic N) is 1. The van der Waals surface area contributed by atoms with Crippen LogP contribution in [-0.4, -0.2) is 17.2 Å². The molecule has 1 amide bonds. The Hall–Kier alpha value is -2.36. The number of hydrazone groups is 1. The van der Waals surface area contributed by atoms with E-state index < -0.39 is 0 Å². The summed E-state index contributed by atoms with van der Waals surface area (Å²) in [6.45, 7) is 0. The second-order valence-corrected chi connectivity index (χ2v) is 6.77. The smallest absolute Gasteiger partial charge is 0.275 e. The van der Waals surface area contributed by atoms with Crippen LogP contribution in [0.25, 0.3) is 10.8 Å². The van der Waals surface area contributed by atoms with E-state index in [0.717, 1.165) is 22.6 Å². The van der Waals surface area contributed by atoms with Gasteiger partial charge in [-0.1, -0.05) is 30.7 Å². The minimum atomic E-state index is -0.368. The Morgan fingerprint density at radius 3 is 2.65 bits per heavy atom. The van der Waals surface area contributed by atoms with Gasteiger partial charge in [-0.05, 0) is 59.9 Å². The van der Waals surface area contributed by atoms with Crippen molar-refractivity contribution >= 4 is 22.9 Å². The van der Waals surface area contributed by atoms with Crippen LogP contribution in [0.4, 0.5) is 0 Å². The number of carbonyl (C=O) groups excluding carboxylic acids is 1. The second-order valence-electron chi connectivity index (χ2n) is 6.77. The molecule has 2 fully saturated rings. The summed E-state index contributed by atoms with van der Waals surface area (Å²) in [6, 6.07) is 11.0. The predicted molar refractivity (Wildman–Crippen MR) is 90.5 cm³/mol. The SMILES string of the molecule is O=C(N/N=C\[C@H]1C[C@H]2CC[C@@H]1C2)c1cc2ccccc2cc1O. The van der Waals surface area contributed by atoms with E-state index in [1.165, 1.54) is 25.7 Å². The number of rotatable bonds is 3. The van der Waals surface area contributed by atoms with Crippen LogP contribution in [0.3, 0.4) is 0 Å². The number of hydrogen-bond acceptors (Lipinski definition) is 3. The fourth-order valence-electron chi connectivity index (χ4n) is 4.14. The quantitative estimate of drug-likeness (QED) is 0.671. The zero-order chi connectivity index (χ0) is 15.8. The number of benzene rings is 2. The number of hydrogen-bond donors (Lipinski definition) is 2. The molecule has 0 aromatic heterocycles. The molecule has 2 N–H and O–H groups in total. The summed E-state index contributed by atoms with van der Waals surface area (Å²) in [5.41, 5.74) is 2.82. The first kappa shape index (κ1) is 14.2. The summed E-state index contributed by atoms with van der Waals surface area (Å²) >= 11 is 0. The molecule has 0 aliphatic heterocycles. The molecule has 2 aromatic carbocycles. The molecule has 23 heavy (non-hydrogen) atoms. The molecule has 2 aromatic rings. The molecule has 4 rings (SSSR count). The maximum atomic E-state index is 12.3. The van der Waals surface area contributed by atoms with E-state index in [0.29, 0.717) is 5.92 Å². The minimum Gasteiger partial charge on any atom is -0.507 e. The van der Waals surface area contributed by atoms with Gasteiger partial charge in [-0.25, -0.2) is 5.43 Å². The first-order valence-electron chi connectivity index (χ1n) is 8.26. The number of phenolic OH excluding ortho intramolecular Hbond substituents is 1. The van der Waals surface area contributed by atoms with Gasteiger partial charge in [-0.3, -0.25) is 4.79 Å². The van der Waals surface area contributed by atoms with Gasteiger partial charge in [0.25, 0.3) is 5.91 Å². The van der Waals surface area contributed by atoms with Crippen LogP contribution in [0.2, 0.25) is 0 Å². The maximum absolute atomic E-state index is 12.3. The Morgan fingerprint density at radius 1 is 1.17 bits per heavy atom. The normalized spacial score (nSPS) is 26.2. The maximum Gasteiger partial charge on any atom is 0.275 e. The highest BCUT2D eigenvalue weighted by molar-refractivity contribution is 6.01. The molecule has 4 nitrogen and oxygen atoms in total. The van der Waals surface area contributed by atoms with E-state index in [9.17, 15) is 9.90 Å². The number of nitrogens with one attached hydrogen (secondary N) is 1. The first-order valence-corrected chi connectivity index (χ1v) is 8.26. The van der Waals surface area contributed by atoms with Gasteiger partial charge >= 0.3 is 0 Å². The number of aromatic hydroxyl groups is 1. The Balaban J connectivity index is 1.47. The van der Waals surface area contributed by atoms with Gasteiger partial charge in [-0.15, -0.1) is 0 Å². The topological polar surface area (TPSA) is 61.7 Å². The van der Waals surface area contributed by atoms with Gasteiger partial charge in [0.15, 0.2) is 0 Å². The molecule has 0 saturated heterocycles. The molecule has 0 heterocycles. The van der Waals surface area contributed by atoms with Crippen LogP contribution < -0.4 is 5.43 Å². The van der Waals surface area contributed by atoms with Crippen LogP contribution in [0.5, 0.6) is 5.75 Å². The summed E-state index contributed by atoms with van der Waals surface area (Å²) in [6.07, 6.45) is 7.05. The van der Waals surface area contributed by atoms with Gasteiger partial charge in [-0.2, -0.15) is 5.10 Å². The summed E-state index contributed by atoms with van der Waals surface area (Å²) in [7, 11) is 0. The van der Waals surface area contributed by atoms with Crippen molar-refractivity contribution in [3.05, 3.63) is 42.0 Å². The van der Waals surface area contributed by atoms with Crippen LogP contribution in [0, 0.1) is 17.8 Å². The van der Waals surface area contributed by atoms with Gasteiger partial charge in [0.2, 0.25) is 0 Å². The average Bonchev–Trinajstić information content (AvgIpc) is 3.17. The third kappa shape index (κ3) is 2.69. The van der Waals surface area contributed by atoms with Gasteiger partial charge in [0.1, 0.15) is 5.75 Å². The lowest BCUT2D eigenvalue weighted by atomic mass is 9.90. The van der Waals surface area contributed by atoms with Crippen molar-refractivity contribution in [3.63, 3.8) is 0 Å². The van der Waals surface area contributed by atoms with E-state index in [4.69, 9.17) is 0 Å². The van der Waals surface area contributed by atoms with E-state index in [-0.39, 0.29) is 17.2 Å². The number of carbonyl (C=O) groups is 1. The van der Waals surface area contributed by atoms with Crippen molar-refractivity contribution in [2.75, 3.05) is 0 Å². The molecule has 2 aliphatic rings. The van der Waals surface area contributed by atoms with Crippen LogP contribution in [-0.2, 0) is 0 Å². The summed E-state index contributed by atoms with van der Waals surface area (Å²) in [5.74, 6) is 1.72. The van der Waals surface area contributed by atoms with E-state index in [1.807, 2.05) is 30.5 Å². The van der Waals surface area contributed by atoms with E-state index in [2.05, 4.69) is 10.5 Å². The number of phenols is 1. The lowest BCUT2D eigenvalue weighted by Gasteiger charge is -2.16. The Bertz CT molecular complexity index is 784. The highest BCUT2D eigenvalue weighted by Gasteiger charge is 2.38. The van der Waals surface area contributed by atoms with Crippen molar-refractivity contribution in [2.24, 2.45) is 22.9 Å². The fourth-order valence-corrected chi connectivity index (χ4v) is 4.14. The molecule has 0 radical (unpaired) electrons. The molecule has 4 heteroatoms. The van der Waals surface area contributed by atoms with Gasteiger partial charge in [0.05, 0.1) is 5.56 Å². The summed E-state index contributed by atoms with van der Waals surface area (Å²) in [4.78, 5) is 12.3. The van der Waals surface area contributed by atoms with E-state index >= 15 is 0 Å². The lowest BCUT2D eigenvalue weighted by Crippen LogP contribution is -2.20. The Labute approximate surface area is 135 Å². The van der Waals surface area contributed by atoms with Gasteiger partial charge in [0, 0.05) is 6.21 Å². The second kappa shape index (κ2) is 5.69. The van der Waals surface area contributed by atoms with Crippen molar-refractivity contribution in [3.8, 4) is 5.75 Å². The van der Waals surface area contributed by atoms with Crippen molar-refractivity contribution in [2.45, 2.75) is 25.7 Å². The van der Waals surface area contributed by atoms with E-state index in [1.54, 1.807) is 12.1 Å². The molecule has 0 unspecified atom stereocenters.